The Morgan fingerprint density at radius 1 is 0.411 bits per heavy atom. The third-order valence-electron chi connectivity index (χ3n) is 12.2. The van der Waals surface area contributed by atoms with Crippen molar-refractivity contribution in [3.63, 3.8) is 0 Å². The lowest BCUT2D eigenvalue weighted by atomic mass is 9.89. The molecule has 4 heteroatoms. The number of hydrogen-bond acceptors (Lipinski definition) is 4. The second-order valence-electron chi connectivity index (χ2n) is 15.3. The van der Waals surface area contributed by atoms with Gasteiger partial charge >= 0.3 is 0 Å². The summed E-state index contributed by atoms with van der Waals surface area (Å²) in [6, 6.07) is 54.5. The third kappa shape index (κ3) is 4.03. The molecule has 0 bridgehead atoms. The molecule has 12 aromatic rings. The highest BCUT2D eigenvalue weighted by atomic mass is 16.5. The van der Waals surface area contributed by atoms with Crippen LogP contribution in [0.25, 0.3) is 109 Å². The zero-order valence-corrected chi connectivity index (χ0v) is 29.8. The van der Waals surface area contributed by atoms with Crippen LogP contribution in [0.4, 0.5) is 0 Å². The van der Waals surface area contributed by atoms with E-state index in [1.807, 2.05) is 36.4 Å². The molecule has 56 heavy (non-hydrogen) atoms. The molecule has 4 nitrogen and oxygen atoms in total. The van der Waals surface area contributed by atoms with Crippen LogP contribution in [0.5, 0.6) is 11.5 Å². The Kier molecular flexibility index (Phi) is 5.75. The molecule has 1 unspecified atom stereocenters. The summed E-state index contributed by atoms with van der Waals surface area (Å²) < 4.78 is 12.9. The van der Waals surface area contributed by atoms with Gasteiger partial charge in [0.05, 0.1) is 5.39 Å². The van der Waals surface area contributed by atoms with Gasteiger partial charge in [0.15, 0.2) is 0 Å². The third-order valence-corrected chi connectivity index (χ3v) is 12.2. The van der Waals surface area contributed by atoms with Crippen LogP contribution in [0, 0.1) is 0 Å². The quantitative estimate of drug-likeness (QED) is 0.143. The summed E-state index contributed by atoms with van der Waals surface area (Å²) in [5.74, 6) is 0.850. The second kappa shape index (κ2) is 10.7. The van der Waals surface area contributed by atoms with Gasteiger partial charge in [-0.1, -0.05) is 97.1 Å². The van der Waals surface area contributed by atoms with Crippen LogP contribution in [-0.4, -0.2) is 5.11 Å². The van der Waals surface area contributed by atoms with Gasteiger partial charge in [-0.3, -0.25) is 4.79 Å². The largest absolute Gasteiger partial charge is 0.456 e. The molecule has 1 N–H and O–H groups in total. The SMILES string of the molecule is O=c1c2cc(-c3cc4ccc5cccc6ccc(c3)c4c56)ccc2oc2ccc3c(c12)Oc1ccc(-c2cc4ccc5cccc6ccc(c2)c4c56)cc1C3O. The first kappa shape index (κ1) is 30.1. The van der Waals surface area contributed by atoms with E-state index in [0.717, 1.165) is 33.0 Å². The van der Waals surface area contributed by atoms with Crippen molar-refractivity contribution in [1.29, 1.82) is 0 Å². The van der Waals surface area contributed by atoms with Crippen LogP contribution >= 0.6 is 0 Å². The standard InChI is InChI=1S/C52H28O4/c53-50-39-17-20-44-49(51(54)41-26-32(15-18-42(41)55-44)38-23-35-13-9-29-5-2-6-30-10-14-36(24-38)48(35)46(29)30)52(39)56-43-19-16-31(25-40(43)50)37-21-33-11-7-27-3-1-4-28-8-12-34(22-37)47(33)45(27)28/h1-26,50,53H. The zero-order chi connectivity index (χ0) is 36.8. The highest BCUT2D eigenvalue weighted by Gasteiger charge is 2.30. The summed E-state index contributed by atoms with van der Waals surface area (Å²) in [4.78, 5) is 14.5. The van der Waals surface area contributed by atoms with Gasteiger partial charge in [-0.05, 0) is 148 Å². The summed E-state index contributed by atoms with van der Waals surface area (Å²) in [7, 11) is 0. The lowest BCUT2D eigenvalue weighted by molar-refractivity contribution is 0.203. The number of fused-ring (bicyclic) bond motifs is 5. The fourth-order valence-corrected chi connectivity index (χ4v) is 9.59. The van der Waals surface area contributed by atoms with Gasteiger partial charge in [0.25, 0.3) is 0 Å². The maximum Gasteiger partial charge on any atom is 0.204 e. The van der Waals surface area contributed by atoms with E-state index < -0.39 is 6.10 Å². The Hall–Kier alpha value is -7.27. The van der Waals surface area contributed by atoms with Gasteiger partial charge in [-0.15, -0.1) is 0 Å². The van der Waals surface area contributed by atoms with Crippen molar-refractivity contribution in [2.75, 3.05) is 0 Å². The molecule has 0 spiro atoms. The minimum atomic E-state index is -0.996. The number of aliphatic hydroxyl groups is 1. The number of aliphatic hydroxyl groups excluding tert-OH is 1. The maximum absolute atomic E-state index is 14.5. The lowest BCUT2D eigenvalue weighted by Crippen LogP contribution is -2.13. The van der Waals surface area contributed by atoms with Gasteiger partial charge in [0.2, 0.25) is 5.43 Å². The van der Waals surface area contributed by atoms with E-state index in [4.69, 9.17) is 9.15 Å². The number of hydrogen-bond donors (Lipinski definition) is 1. The zero-order valence-electron chi connectivity index (χ0n) is 29.8. The van der Waals surface area contributed by atoms with Gasteiger partial charge in [-0.25, -0.2) is 0 Å². The first-order chi connectivity index (χ1) is 27.5. The predicted molar refractivity (Wildman–Crippen MR) is 229 cm³/mol. The second-order valence-corrected chi connectivity index (χ2v) is 15.3. The molecule has 0 aliphatic carbocycles. The molecule has 260 valence electrons. The molecule has 0 fully saturated rings. The molecule has 13 rings (SSSR count). The Morgan fingerprint density at radius 3 is 1.46 bits per heavy atom. The highest BCUT2D eigenvalue weighted by Crippen LogP contribution is 2.48. The van der Waals surface area contributed by atoms with Gasteiger partial charge in [0, 0.05) is 11.1 Å². The molecule has 1 aliphatic rings. The van der Waals surface area contributed by atoms with Crippen LogP contribution in [0.3, 0.4) is 0 Å². The molecule has 2 heterocycles. The van der Waals surface area contributed by atoms with Crippen molar-refractivity contribution >= 4 is 86.6 Å². The van der Waals surface area contributed by atoms with E-state index in [-0.39, 0.29) is 5.43 Å². The van der Waals surface area contributed by atoms with Crippen molar-refractivity contribution < 1.29 is 14.3 Å². The lowest BCUT2D eigenvalue weighted by Gasteiger charge is -2.26. The molecule has 1 aromatic heterocycles. The van der Waals surface area contributed by atoms with Crippen LogP contribution in [-0.2, 0) is 0 Å². The van der Waals surface area contributed by atoms with Gasteiger partial charge in [-0.2, -0.15) is 0 Å². The maximum atomic E-state index is 14.5. The van der Waals surface area contributed by atoms with E-state index in [9.17, 15) is 9.90 Å². The van der Waals surface area contributed by atoms with E-state index >= 15 is 0 Å². The Balaban J connectivity index is 0.919. The molecular formula is C52H28O4. The first-order valence-corrected chi connectivity index (χ1v) is 18.9. The van der Waals surface area contributed by atoms with Gasteiger partial charge < -0.3 is 14.3 Å². The summed E-state index contributed by atoms with van der Waals surface area (Å²) in [6.07, 6.45) is -0.996. The molecule has 0 saturated carbocycles. The van der Waals surface area contributed by atoms with Crippen molar-refractivity contribution in [2.45, 2.75) is 6.10 Å². The molecule has 0 radical (unpaired) electrons. The van der Waals surface area contributed by atoms with E-state index in [1.54, 1.807) is 12.1 Å². The minimum absolute atomic E-state index is 0.196. The van der Waals surface area contributed by atoms with E-state index in [0.29, 0.717) is 44.6 Å². The molecule has 11 aromatic carbocycles. The Bertz CT molecular complexity index is 3600. The number of benzene rings is 11. The van der Waals surface area contributed by atoms with Crippen LogP contribution in [0.15, 0.2) is 167 Å². The van der Waals surface area contributed by atoms with E-state index in [2.05, 4.69) is 109 Å². The summed E-state index contributed by atoms with van der Waals surface area (Å²) >= 11 is 0. The average Bonchev–Trinajstić information content (AvgIpc) is 3.24. The molecule has 1 aliphatic heterocycles. The number of ether oxygens (including phenoxy) is 1. The van der Waals surface area contributed by atoms with Crippen molar-refractivity contribution in [2.24, 2.45) is 0 Å². The first-order valence-electron chi connectivity index (χ1n) is 18.9. The van der Waals surface area contributed by atoms with Crippen molar-refractivity contribution in [3.05, 3.63) is 179 Å². The molecule has 0 amide bonds. The summed E-state index contributed by atoms with van der Waals surface area (Å²) in [5, 5.41) is 27.4. The van der Waals surface area contributed by atoms with Crippen molar-refractivity contribution in [1.82, 2.24) is 0 Å². The van der Waals surface area contributed by atoms with Crippen molar-refractivity contribution in [3.8, 4) is 33.8 Å². The highest BCUT2D eigenvalue weighted by molar-refractivity contribution is 6.25. The van der Waals surface area contributed by atoms with Crippen LogP contribution in [0.1, 0.15) is 17.2 Å². The fourth-order valence-electron chi connectivity index (χ4n) is 9.59. The summed E-state index contributed by atoms with van der Waals surface area (Å²) in [6.45, 7) is 0. The predicted octanol–water partition coefficient (Wildman–Crippen LogP) is 13.3. The monoisotopic (exact) mass is 716 g/mol. The van der Waals surface area contributed by atoms with Crippen LogP contribution in [0.2, 0.25) is 0 Å². The average molecular weight is 717 g/mol. The fraction of sp³-hybridized carbons (Fsp3) is 0.0192. The number of rotatable bonds is 2. The molecular weight excluding hydrogens is 689 g/mol. The van der Waals surface area contributed by atoms with E-state index in [1.165, 1.54) is 53.9 Å². The molecule has 1 atom stereocenters. The Morgan fingerprint density at radius 2 is 0.893 bits per heavy atom. The van der Waals surface area contributed by atoms with Crippen LogP contribution < -0.4 is 10.2 Å². The normalized spacial score (nSPS) is 14.2. The van der Waals surface area contributed by atoms with Gasteiger partial charge in [0.1, 0.15) is 34.2 Å². The Labute approximate surface area is 318 Å². The smallest absolute Gasteiger partial charge is 0.204 e. The molecule has 0 saturated heterocycles. The minimum Gasteiger partial charge on any atom is -0.456 e. The topological polar surface area (TPSA) is 59.7 Å². The summed E-state index contributed by atoms with van der Waals surface area (Å²) in [5.41, 5.74) is 5.89.